The Morgan fingerprint density at radius 1 is 0.288 bits per heavy atom. The van der Waals surface area contributed by atoms with E-state index in [1.807, 2.05) is 18.2 Å². The first-order valence-electron chi connectivity index (χ1n) is 20.3. The molecule has 282 valence electrons. The van der Waals surface area contributed by atoms with Crippen LogP contribution in [0.5, 0.6) is 0 Å². The molecule has 0 fully saturated rings. The van der Waals surface area contributed by atoms with Gasteiger partial charge in [-0.3, -0.25) is 4.79 Å². The van der Waals surface area contributed by atoms with Crippen LogP contribution < -0.4 is 0 Å². The SMILES string of the molecule is CC(=O)c1ccccc1-c1cc(-c2cccc(-c3cccc(-c4ccccc4)c3)c2)cc(-c2cc(-c3cccc(-c4cccc(-c5ccccc5)c4)c3)ccc2C)c1C. The van der Waals surface area contributed by atoms with Gasteiger partial charge in [-0.25, -0.2) is 0 Å². The van der Waals surface area contributed by atoms with E-state index < -0.39 is 0 Å². The Hall–Kier alpha value is -7.35. The number of Topliss-reactive ketones (excluding diaryl/α,β-unsaturated/α-hetero) is 1. The lowest BCUT2D eigenvalue weighted by Crippen LogP contribution is -1.99. The van der Waals surface area contributed by atoms with Crippen LogP contribution >= 0.6 is 0 Å². The molecule has 9 aromatic rings. The molecule has 0 atom stereocenters. The minimum atomic E-state index is 0.0552. The quantitative estimate of drug-likeness (QED) is 0.134. The van der Waals surface area contributed by atoms with E-state index in [-0.39, 0.29) is 5.78 Å². The van der Waals surface area contributed by atoms with Crippen molar-refractivity contribution in [2.45, 2.75) is 20.8 Å². The van der Waals surface area contributed by atoms with Crippen LogP contribution in [-0.2, 0) is 0 Å². The van der Waals surface area contributed by atoms with Crippen molar-refractivity contribution in [3.05, 3.63) is 229 Å². The lowest BCUT2D eigenvalue weighted by Gasteiger charge is -2.19. The fourth-order valence-electron chi connectivity index (χ4n) is 8.33. The van der Waals surface area contributed by atoms with E-state index in [1.54, 1.807) is 6.92 Å². The summed E-state index contributed by atoms with van der Waals surface area (Å²) in [6, 6.07) is 75.7. The van der Waals surface area contributed by atoms with Gasteiger partial charge in [0.15, 0.2) is 5.78 Å². The Balaban J connectivity index is 1.16. The highest BCUT2D eigenvalue weighted by molar-refractivity contribution is 6.02. The molecule has 0 aliphatic rings. The fraction of sp³-hybridized carbons (Fsp3) is 0.0517. The van der Waals surface area contributed by atoms with E-state index in [4.69, 9.17) is 0 Å². The number of aryl methyl sites for hydroxylation is 1. The molecule has 0 aromatic heterocycles. The maximum Gasteiger partial charge on any atom is 0.160 e. The predicted molar refractivity (Wildman–Crippen MR) is 249 cm³/mol. The van der Waals surface area contributed by atoms with Gasteiger partial charge in [-0.05, 0) is 163 Å². The van der Waals surface area contributed by atoms with Gasteiger partial charge in [0, 0.05) is 5.56 Å². The summed E-state index contributed by atoms with van der Waals surface area (Å²) in [5.74, 6) is 0.0552. The van der Waals surface area contributed by atoms with Crippen LogP contribution in [0.1, 0.15) is 28.4 Å². The maximum absolute atomic E-state index is 13.1. The van der Waals surface area contributed by atoms with Gasteiger partial charge in [0.1, 0.15) is 0 Å². The zero-order chi connectivity index (χ0) is 40.3. The molecule has 0 aliphatic carbocycles. The molecular weight excluding hydrogens is 713 g/mol. The van der Waals surface area contributed by atoms with E-state index in [9.17, 15) is 4.79 Å². The molecule has 0 saturated heterocycles. The van der Waals surface area contributed by atoms with Crippen LogP contribution in [0.15, 0.2) is 212 Å². The summed E-state index contributed by atoms with van der Waals surface area (Å²) < 4.78 is 0. The molecule has 9 aromatic carbocycles. The minimum Gasteiger partial charge on any atom is -0.294 e. The van der Waals surface area contributed by atoms with Crippen molar-refractivity contribution in [1.29, 1.82) is 0 Å². The van der Waals surface area contributed by atoms with Gasteiger partial charge < -0.3 is 0 Å². The molecule has 0 aliphatic heterocycles. The Morgan fingerprint density at radius 2 is 0.627 bits per heavy atom. The fourth-order valence-corrected chi connectivity index (χ4v) is 8.33. The van der Waals surface area contributed by atoms with Crippen molar-refractivity contribution in [3.63, 3.8) is 0 Å². The van der Waals surface area contributed by atoms with Gasteiger partial charge in [0.05, 0.1) is 0 Å². The molecule has 0 saturated carbocycles. The van der Waals surface area contributed by atoms with Crippen molar-refractivity contribution in [3.8, 4) is 89.0 Å². The van der Waals surface area contributed by atoms with Gasteiger partial charge in [0.25, 0.3) is 0 Å². The number of ketones is 1. The molecule has 0 unspecified atom stereocenters. The Kier molecular flexibility index (Phi) is 10.3. The minimum absolute atomic E-state index is 0.0552. The molecule has 59 heavy (non-hydrogen) atoms. The summed E-state index contributed by atoms with van der Waals surface area (Å²) in [7, 11) is 0. The van der Waals surface area contributed by atoms with E-state index in [2.05, 4.69) is 208 Å². The van der Waals surface area contributed by atoms with E-state index >= 15 is 0 Å². The highest BCUT2D eigenvalue weighted by atomic mass is 16.1. The number of rotatable bonds is 9. The van der Waals surface area contributed by atoms with E-state index in [0.717, 1.165) is 55.6 Å². The average Bonchev–Trinajstić information content (AvgIpc) is 3.30. The van der Waals surface area contributed by atoms with Gasteiger partial charge in [-0.15, -0.1) is 0 Å². The maximum atomic E-state index is 13.1. The molecule has 0 heterocycles. The van der Waals surface area contributed by atoms with Crippen LogP contribution in [-0.4, -0.2) is 5.78 Å². The van der Waals surface area contributed by atoms with Gasteiger partial charge in [-0.1, -0.05) is 170 Å². The number of carbonyl (C=O) groups is 1. The summed E-state index contributed by atoms with van der Waals surface area (Å²) in [5.41, 5.74) is 21.4. The molecule has 1 heteroatoms. The summed E-state index contributed by atoms with van der Waals surface area (Å²) in [6.07, 6.45) is 0. The van der Waals surface area contributed by atoms with Crippen molar-refractivity contribution >= 4 is 5.78 Å². The first kappa shape index (κ1) is 37.2. The Labute approximate surface area is 348 Å². The largest absolute Gasteiger partial charge is 0.294 e. The molecule has 0 spiro atoms. The average molecular weight is 757 g/mol. The van der Waals surface area contributed by atoms with Crippen molar-refractivity contribution in [2.75, 3.05) is 0 Å². The Morgan fingerprint density at radius 3 is 1.08 bits per heavy atom. The number of hydrogen-bond acceptors (Lipinski definition) is 1. The highest BCUT2D eigenvalue weighted by Crippen LogP contribution is 2.41. The lowest BCUT2D eigenvalue weighted by molar-refractivity contribution is 0.101. The normalized spacial score (nSPS) is 11.0. The summed E-state index contributed by atoms with van der Waals surface area (Å²) in [6.45, 7) is 6.05. The second-order valence-electron chi connectivity index (χ2n) is 15.4. The second-order valence-corrected chi connectivity index (χ2v) is 15.4. The van der Waals surface area contributed by atoms with Crippen LogP contribution in [0.25, 0.3) is 89.0 Å². The molecule has 1 nitrogen and oxygen atoms in total. The number of hydrogen-bond donors (Lipinski definition) is 0. The molecule has 0 N–H and O–H groups in total. The van der Waals surface area contributed by atoms with Crippen LogP contribution in [0, 0.1) is 13.8 Å². The van der Waals surface area contributed by atoms with E-state index in [1.165, 1.54) is 50.1 Å². The monoisotopic (exact) mass is 756 g/mol. The third-order valence-electron chi connectivity index (χ3n) is 11.5. The van der Waals surface area contributed by atoms with Gasteiger partial charge in [-0.2, -0.15) is 0 Å². The number of carbonyl (C=O) groups excluding carboxylic acids is 1. The summed E-state index contributed by atoms with van der Waals surface area (Å²) in [4.78, 5) is 13.1. The summed E-state index contributed by atoms with van der Waals surface area (Å²) in [5, 5.41) is 0. The number of benzene rings is 9. The first-order chi connectivity index (χ1) is 28.9. The van der Waals surface area contributed by atoms with Crippen molar-refractivity contribution in [1.82, 2.24) is 0 Å². The predicted octanol–water partition coefficient (Wildman–Crippen LogP) is 15.8. The zero-order valence-electron chi connectivity index (χ0n) is 33.6. The highest BCUT2D eigenvalue weighted by Gasteiger charge is 2.18. The summed E-state index contributed by atoms with van der Waals surface area (Å²) >= 11 is 0. The molecule has 0 amide bonds. The zero-order valence-corrected chi connectivity index (χ0v) is 33.6. The van der Waals surface area contributed by atoms with Gasteiger partial charge in [0.2, 0.25) is 0 Å². The van der Waals surface area contributed by atoms with Crippen LogP contribution in [0.4, 0.5) is 0 Å². The third-order valence-corrected chi connectivity index (χ3v) is 11.5. The molecule has 0 bridgehead atoms. The van der Waals surface area contributed by atoms with Crippen molar-refractivity contribution < 1.29 is 4.79 Å². The van der Waals surface area contributed by atoms with Crippen LogP contribution in [0.3, 0.4) is 0 Å². The van der Waals surface area contributed by atoms with E-state index in [0.29, 0.717) is 0 Å². The molecular formula is C58H44O. The first-order valence-corrected chi connectivity index (χ1v) is 20.3. The van der Waals surface area contributed by atoms with Crippen molar-refractivity contribution in [2.24, 2.45) is 0 Å². The molecule has 9 rings (SSSR count). The van der Waals surface area contributed by atoms with Crippen LogP contribution in [0.2, 0.25) is 0 Å². The topological polar surface area (TPSA) is 17.1 Å². The molecule has 0 radical (unpaired) electrons. The smallest absolute Gasteiger partial charge is 0.160 e. The lowest BCUT2D eigenvalue weighted by atomic mass is 9.84. The third kappa shape index (κ3) is 7.72. The standard InChI is InChI=1S/C58H44O/c1-39-30-31-52(50-26-14-24-48(34-50)46-22-12-20-44(32-46)42-16-6-4-7-17-42)36-56(39)58-38-53(37-57(40(58)2)55-29-11-10-28-54(55)41(3)59)51-27-15-25-49(35-51)47-23-13-21-45(33-47)43-18-8-5-9-19-43/h4-38H,1-3H3. The van der Waals surface area contributed by atoms with Gasteiger partial charge >= 0.3 is 0 Å². The Bertz CT molecular complexity index is 2970. The second kappa shape index (κ2) is 16.3.